The largest absolute Gasteiger partial charge is 0.368 e. The van der Waals surface area contributed by atoms with E-state index < -0.39 is 28.7 Å². The Kier molecular flexibility index (Phi) is 6.29. The van der Waals surface area contributed by atoms with Gasteiger partial charge in [-0.15, -0.1) is 0 Å². The summed E-state index contributed by atoms with van der Waals surface area (Å²) >= 11 is 0. The van der Waals surface area contributed by atoms with E-state index in [9.17, 15) is 18.0 Å². The fourth-order valence-electron chi connectivity index (χ4n) is 4.57. The Labute approximate surface area is 179 Å². The number of piperidine rings is 1. The summed E-state index contributed by atoms with van der Waals surface area (Å²) in [4.78, 5) is 20.7. The van der Waals surface area contributed by atoms with E-state index in [-0.39, 0.29) is 18.5 Å². The number of hydrogen-bond donors (Lipinski definition) is 0. The Morgan fingerprint density at radius 2 is 1.81 bits per heavy atom. The van der Waals surface area contributed by atoms with Crippen LogP contribution in [0.4, 0.5) is 13.2 Å². The number of ether oxygens (including phenoxy) is 1. The van der Waals surface area contributed by atoms with Crippen LogP contribution < -0.4 is 0 Å². The lowest BCUT2D eigenvalue weighted by atomic mass is 9.88. The molecule has 3 heterocycles. The third-order valence-electron chi connectivity index (χ3n) is 6.14. The first kappa shape index (κ1) is 21.8. The molecule has 166 valence electrons. The molecule has 2 fully saturated rings. The summed E-state index contributed by atoms with van der Waals surface area (Å²) in [6.07, 6.45) is 3.25. The van der Waals surface area contributed by atoms with Crippen molar-refractivity contribution < 1.29 is 22.7 Å². The summed E-state index contributed by atoms with van der Waals surface area (Å²) in [6, 6.07) is 6.43. The van der Waals surface area contributed by atoms with Crippen molar-refractivity contribution in [3.8, 4) is 0 Å². The highest BCUT2D eigenvalue weighted by molar-refractivity contribution is 5.95. The number of hydrogen-bond acceptors (Lipinski definition) is 4. The van der Waals surface area contributed by atoms with Gasteiger partial charge >= 0.3 is 0 Å². The van der Waals surface area contributed by atoms with Gasteiger partial charge in [0.2, 0.25) is 0 Å². The van der Waals surface area contributed by atoms with Crippen LogP contribution >= 0.6 is 0 Å². The Morgan fingerprint density at radius 1 is 1.13 bits per heavy atom. The summed E-state index contributed by atoms with van der Waals surface area (Å²) in [5, 5.41) is 0. The van der Waals surface area contributed by atoms with Crippen LogP contribution in [-0.2, 0) is 11.2 Å². The van der Waals surface area contributed by atoms with Gasteiger partial charge in [0.15, 0.2) is 0 Å². The number of carbonyl (C=O) groups is 1. The minimum absolute atomic E-state index is 0.235. The Bertz CT molecular complexity index is 927. The van der Waals surface area contributed by atoms with Crippen LogP contribution in [0.15, 0.2) is 36.5 Å². The van der Waals surface area contributed by atoms with Gasteiger partial charge < -0.3 is 14.5 Å². The predicted octanol–water partition coefficient (Wildman–Crippen LogP) is 3.44. The van der Waals surface area contributed by atoms with Crippen molar-refractivity contribution in [2.45, 2.75) is 37.9 Å². The van der Waals surface area contributed by atoms with Gasteiger partial charge in [-0.2, -0.15) is 0 Å². The molecule has 1 atom stereocenters. The quantitative estimate of drug-likeness (QED) is 0.741. The van der Waals surface area contributed by atoms with Gasteiger partial charge in [0.1, 0.15) is 23.0 Å². The first-order chi connectivity index (χ1) is 14.9. The molecule has 0 bridgehead atoms. The van der Waals surface area contributed by atoms with Crippen LogP contribution in [0.5, 0.6) is 0 Å². The van der Waals surface area contributed by atoms with Crippen molar-refractivity contribution in [1.29, 1.82) is 0 Å². The highest BCUT2D eigenvalue weighted by Gasteiger charge is 2.43. The zero-order valence-electron chi connectivity index (χ0n) is 17.5. The maximum absolute atomic E-state index is 14.1. The second-order valence-electron chi connectivity index (χ2n) is 8.42. The van der Waals surface area contributed by atoms with Crippen LogP contribution in [0.3, 0.4) is 0 Å². The average Bonchev–Trinajstić information content (AvgIpc) is 2.74. The minimum atomic E-state index is -0.852. The van der Waals surface area contributed by atoms with Gasteiger partial charge in [0.25, 0.3) is 5.91 Å². The molecule has 8 heteroatoms. The maximum Gasteiger partial charge on any atom is 0.260 e. The molecule has 0 N–H and O–H groups in total. The fourth-order valence-corrected chi connectivity index (χ4v) is 4.57. The number of rotatable bonds is 4. The lowest BCUT2D eigenvalue weighted by Gasteiger charge is -2.49. The third-order valence-corrected chi connectivity index (χ3v) is 6.14. The molecule has 2 saturated heterocycles. The number of benzene rings is 1. The molecule has 1 amide bonds. The van der Waals surface area contributed by atoms with Gasteiger partial charge in [0, 0.05) is 38.8 Å². The summed E-state index contributed by atoms with van der Waals surface area (Å²) in [7, 11) is 0. The van der Waals surface area contributed by atoms with Gasteiger partial charge in [-0.1, -0.05) is 6.07 Å². The first-order valence-electron chi connectivity index (χ1n) is 10.6. The molecule has 1 unspecified atom stereocenters. The van der Waals surface area contributed by atoms with Crippen molar-refractivity contribution in [3.63, 3.8) is 0 Å². The van der Waals surface area contributed by atoms with Gasteiger partial charge in [-0.25, -0.2) is 13.2 Å². The van der Waals surface area contributed by atoms with Crippen LogP contribution in [0.1, 0.15) is 35.8 Å². The normalized spacial score (nSPS) is 21.4. The summed E-state index contributed by atoms with van der Waals surface area (Å²) in [5.74, 6) is -2.64. The smallest absolute Gasteiger partial charge is 0.260 e. The van der Waals surface area contributed by atoms with Crippen molar-refractivity contribution in [2.24, 2.45) is 0 Å². The van der Waals surface area contributed by atoms with Crippen molar-refractivity contribution in [2.75, 3.05) is 32.7 Å². The van der Waals surface area contributed by atoms with Crippen LogP contribution in [-0.4, -0.2) is 65.1 Å². The molecule has 4 rings (SSSR count). The highest BCUT2D eigenvalue weighted by atomic mass is 19.1. The molecule has 2 aliphatic rings. The van der Waals surface area contributed by atoms with E-state index in [0.29, 0.717) is 38.0 Å². The van der Waals surface area contributed by atoms with Gasteiger partial charge in [0.05, 0.1) is 23.9 Å². The maximum atomic E-state index is 14.1. The molecule has 1 spiro atoms. The number of aromatic nitrogens is 1. The number of carbonyl (C=O) groups excluding carboxylic acids is 1. The first-order valence-corrected chi connectivity index (χ1v) is 10.6. The van der Waals surface area contributed by atoms with Crippen LogP contribution in [0.2, 0.25) is 0 Å². The molecule has 1 aromatic carbocycles. The zero-order valence-corrected chi connectivity index (χ0v) is 17.5. The molecule has 2 aliphatic heterocycles. The minimum Gasteiger partial charge on any atom is -0.368 e. The summed E-state index contributed by atoms with van der Waals surface area (Å²) in [5.41, 5.74) is -0.600. The molecule has 0 saturated carbocycles. The summed E-state index contributed by atoms with van der Waals surface area (Å²) < 4.78 is 48.3. The molecule has 5 nitrogen and oxygen atoms in total. The lowest BCUT2D eigenvalue weighted by molar-refractivity contribution is -0.161. The molecular formula is C23H26F3N3O2. The predicted molar refractivity (Wildman–Crippen MR) is 109 cm³/mol. The zero-order chi connectivity index (χ0) is 22.0. The van der Waals surface area contributed by atoms with E-state index in [1.807, 2.05) is 6.92 Å². The van der Waals surface area contributed by atoms with E-state index in [0.717, 1.165) is 25.2 Å². The summed E-state index contributed by atoms with van der Waals surface area (Å²) in [6.45, 7) is 4.61. The second kappa shape index (κ2) is 8.96. The topological polar surface area (TPSA) is 45.7 Å². The average molecular weight is 433 g/mol. The molecule has 2 aromatic rings. The standard InChI is InChI=1S/C23H26F3N3O2/c1-16-14-29(22(30)21-18(25)4-2-5-19(21)26)15-23(31-16)8-12-28(13-9-23)11-7-20-17(24)6-3-10-27-20/h2-6,10,16H,7-9,11-15H2,1H3. The van der Waals surface area contributed by atoms with Crippen LogP contribution in [0, 0.1) is 17.5 Å². The lowest BCUT2D eigenvalue weighted by Crippen LogP contribution is -2.60. The van der Waals surface area contributed by atoms with Crippen molar-refractivity contribution in [3.05, 3.63) is 65.2 Å². The van der Waals surface area contributed by atoms with Gasteiger partial charge in [-0.05, 0) is 44.0 Å². The van der Waals surface area contributed by atoms with Crippen molar-refractivity contribution in [1.82, 2.24) is 14.8 Å². The van der Waals surface area contributed by atoms with E-state index in [1.165, 1.54) is 17.0 Å². The van der Waals surface area contributed by atoms with E-state index >= 15 is 0 Å². The fraction of sp³-hybridized carbons (Fsp3) is 0.478. The SMILES string of the molecule is CC1CN(C(=O)c2c(F)cccc2F)CC2(CCN(CCc3ncccc3F)CC2)O1. The van der Waals surface area contributed by atoms with E-state index in [2.05, 4.69) is 9.88 Å². The number of halogens is 3. The molecule has 0 radical (unpaired) electrons. The molecular weight excluding hydrogens is 407 g/mol. The number of nitrogens with zero attached hydrogens (tertiary/aromatic N) is 3. The van der Waals surface area contributed by atoms with Crippen molar-refractivity contribution >= 4 is 5.91 Å². The van der Waals surface area contributed by atoms with E-state index in [4.69, 9.17) is 4.74 Å². The Balaban J connectivity index is 1.39. The molecule has 1 aromatic heterocycles. The number of likely N-dealkylation sites (tertiary alicyclic amines) is 1. The third kappa shape index (κ3) is 4.75. The Hall–Kier alpha value is -2.45. The number of pyridine rings is 1. The second-order valence-corrected chi connectivity index (χ2v) is 8.42. The number of morpholine rings is 1. The highest BCUT2D eigenvalue weighted by Crippen LogP contribution is 2.33. The molecule has 0 aliphatic carbocycles. The molecule has 31 heavy (non-hydrogen) atoms. The van der Waals surface area contributed by atoms with E-state index in [1.54, 1.807) is 12.3 Å². The number of amides is 1. The van der Waals surface area contributed by atoms with Crippen LogP contribution in [0.25, 0.3) is 0 Å². The monoisotopic (exact) mass is 433 g/mol. The Morgan fingerprint density at radius 3 is 2.48 bits per heavy atom. The van der Waals surface area contributed by atoms with Gasteiger partial charge in [-0.3, -0.25) is 9.78 Å².